The van der Waals surface area contributed by atoms with E-state index in [1.165, 1.54) is 32.1 Å². The first-order valence-electron chi connectivity index (χ1n) is 6.29. The highest BCUT2D eigenvalue weighted by Gasteiger charge is 2.32. The van der Waals surface area contributed by atoms with E-state index in [-0.39, 0.29) is 5.54 Å². The third-order valence-electron chi connectivity index (χ3n) is 3.23. The molecule has 88 valence electrons. The third-order valence-corrected chi connectivity index (χ3v) is 3.23. The Hall–Kier alpha value is -0.530. The van der Waals surface area contributed by atoms with E-state index >= 15 is 0 Å². The van der Waals surface area contributed by atoms with E-state index in [1.807, 2.05) is 6.92 Å². The first kappa shape index (κ1) is 12.5. The molecule has 0 saturated heterocycles. The zero-order valence-electron chi connectivity index (χ0n) is 10.7. The minimum absolute atomic E-state index is 0.0188. The Morgan fingerprint density at radius 2 is 1.73 bits per heavy atom. The minimum Gasteiger partial charge on any atom is -0.335 e. The molecule has 0 heterocycles. The van der Waals surface area contributed by atoms with Gasteiger partial charge in [0, 0.05) is 18.0 Å². The average Bonchev–Trinajstić information content (AvgIpc) is 2.17. The van der Waals surface area contributed by atoms with Crippen LogP contribution in [-0.2, 0) is 4.79 Å². The van der Waals surface area contributed by atoms with Gasteiger partial charge in [0.15, 0.2) is 0 Å². The Kier molecular flexibility index (Phi) is 4.18. The maximum Gasteiger partial charge on any atom is 0.222 e. The zero-order valence-corrected chi connectivity index (χ0v) is 10.7. The molecule has 1 amide bonds. The standard InChI is InChI=1S/C13H25NO/c1-5-12(15)14(13(2,3)4)11-9-7-6-8-10-11/h11H,5-10H2,1-4H3. The van der Waals surface area contributed by atoms with Gasteiger partial charge < -0.3 is 4.90 Å². The molecule has 2 nitrogen and oxygen atoms in total. The summed E-state index contributed by atoms with van der Waals surface area (Å²) in [4.78, 5) is 14.1. The molecule has 2 heteroatoms. The van der Waals surface area contributed by atoms with Crippen molar-refractivity contribution >= 4 is 5.91 Å². The summed E-state index contributed by atoms with van der Waals surface area (Å²) in [7, 11) is 0. The van der Waals surface area contributed by atoms with Crippen LogP contribution in [0.25, 0.3) is 0 Å². The van der Waals surface area contributed by atoms with Gasteiger partial charge in [-0.1, -0.05) is 26.2 Å². The fourth-order valence-corrected chi connectivity index (χ4v) is 2.64. The molecule has 0 atom stereocenters. The van der Waals surface area contributed by atoms with Gasteiger partial charge in [0.05, 0.1) is 0 Å². The molecule has 0 N–H and O–H groups in total. The van der Waals surface area contributed by atoms with Crippen LogP contribution < -0.4 is 0 Å². The summed E-state index contributed by atoms with van der Waals surface area (Å²) in [5, 5.41) is 0. The van der Waals surface area contributed by atoms with Crippen LogP contribution in [-0.4, -0.2) is 22.4 Å². The molecule has 0 aromatic carbocycles. The van der Waals surface area contributed by atoms with Gasteiger partial charge in [0.2, 0.25) is 5.91 Å². The SMILES string of the molecule is CCC(=O)N(C1CCCCC1)C(C)(C)C. The molecule has 0 aromatic heterocycles. The lowest BCUT2D eigenvalue weighted by molar-refractivity contribution is -0.139. The van der Waals surface area contributed by atoms with Crippen LogP contribution >= 0.6 is 0 Å². The quantitative estimate of drug-likeness (QED) is 0.686. The molecule has 1 aliphatic carbocycles. The molecule has 1 aliphatic rings. The van der Waals surface area contributed by atoms with Crippen LogP contribution in [0, 0.1) is 0 Å². The number of carbonyl (C=O) groups is 1. The van der Waals surface area contributed by atoms with E-state index in [0.717, 1.165) is 0 Å². The monoisotopic (exact) mass is 211 g/mol. The lowest BCUT2D eigenvalue weighted by atomic mass is 9.90. The van der Waals surface area contributed by atoms with E-state index in [0.29, 0.717) is 18.4 Å². The third kappa shape index (κ3) is 3.22. The summed E-state index contributed by atoms with van der Waals surface area (Å²) < 4.78 is 0. The topological polar surface area (TPSA) is 20.3 Å². The molecule has 1 fully saturated rings. The van der Waals surface area contributed by atoms with Crippen LogP contribution in [0.2, 0.25) is 0 Å². The minimum atomic E-state index is -0.0188. The summed E-state index contributed by atoms with van der Waals surface area (Å²) in [6.07, 6.45) is 6.94. The van der Waals surface area contributed by atoms with Crippen molar-refractivity contribution in [1.29, 1.82) is 0 Å². The summed E-state index contributed by atoms with van der Waals surface area (Å²) in [5.41, 5.74) is -0.0188. The Morgan fingerprint density at radius 3 is 2.13 bits per heavy atom. The van der Waals surface area contributed by atoms with Crippen molar-refractivity contribution < 1.29 is 4.79 Å². The number of nitrogens with zero attached hydrogens (tertiary/aromatic N) is 1. The number of rotatable bonds is 2. The highest BCUT2D eigenvalue weighted by Crippen LogP contribution is 2.28. The van der Waals surface area contributed by atoms with E-state index in [4.69, 9.17) is 0 Å². The van der Waals surface area contributed by atoms with Crippen molar-refractivity contribution in [2.45, 2.75) is 77.8 Å². The van der Waals surface area contributed by atoms with E-state index < -0.39 is 0 Å². The Labute approximate surface area is 94.0 Å². The smallest absolute Gasteiger partial charge is 0.222 e. The predicted octanol–water partition coefficient (Wildman–Crippen LogP) is 3.36. The molecule has 15 heavy (non-hydrogen) atoms. The largest absolute Gasteiger partial charge is 0.335 e. The number of hydrogen-bond donors (Lipinski definition) is 0. The van der Waals surface area contributed by atoms with Crippen molar-refractivity contribution in [1.82, 2.24) is 4.90 Å². The molecule has 0 aromatic rings. The number of amides is 1. The molecule has 0 spiro atoms. The van der Waals surface area contributed by atoms with Crippen LogP contribution in [0.3, 0.4) is 0 Å². The second-order valence-corrected chi connectivity index (χ2v) is 5.58. The van der Waals surface area contributed by atoms with E-state index in [2.05, 4.69) is 25.7 Å². The van der Waals surface area contributed by atoms with Crippen molar-refractivity contribution in [2.24, 2.45) is 0 Å². The summed E-state index contributed by atoms with van der Waals surface area (Å²) in [6, 6.07) is 0.492. The normalized spacial score (nSPS) is 18.9. The maximum absolute atomic E-state index is 12.0. The molecular formula is C13H25NO. The van der Waals surface area contributed by atoms with Crippen molar-refractivity contribution in [3.05, 3.63) is 0 Å². The highest BCUT2D eigenvalue weighted by atomic mass is 16.2. The predicted molar refractivity (Wildman–Crippen MR) is 63.8 cm³/mol. The fourth-order valence-electron chi connectivity index (χ4n) is 2.64. The first-order chi connectivity index (χ1) is 6.96. The van der Waals surface area contributed by atoms with Gasteiger partial charge in [-0.3, -0.25) is 4.79 Å². The van der Waals surface area contributed by atoms with Crippen LogP contribution in [0.5, 0.6) is 0 Å². The molecule has 0 aliphatic heterocycles. The van der Waals surface area contributed by atoms with Crippen LogP contribution in [0.1, 0.15) is 66.2 Å². The van der Waals surface area contributed by atoms with Crippen LogP contribution in [0.4, 0.5) is 0 Å². The second-order valence-electron chi connectivity index (χ2n) is 5.58. The molecular weight excluding hydrogens is 186 g/mol. The van der Waals surface area contributed by atoms with Crippen LogP contribution in [0.15, 0.2) is 0 Å². The lowest BCUT2D eigenvalue weighted by Gasteiger charge is -2.43. The van der Waals surface area contributed by atoms with Gasteiger partial charge in [-0.2, -0.15) is 0 Å². The molecule has 0 unspecified atom stereocenters. The summed E-state index contributed by atoms with van der Waals surface area (Å²) >= 11 is 0. The molecule has 1 rings (SSSR count). The maximum atomic E-state index is 12.0. The van der Waals surface area contributed by atoms with Crippen molar-refractivity contribution in [2.75, 3.05) is 0 Å². The van der Waals surface area contributed by atoms with Gasteiger partial charge >= 0.3 is 0 Å². The highest BCUT2D eigenvalue weighted by molar-refractivity contribution is 5.77. The van der Waals surface area contributed by atoms with Gasteiger partial charge in [-0.15, -0.1) is 0 Å². The fraction of sp³-hybridized carbons (Fsp3) is 0.923. The lowest BCUT2D eigenvalue weighted by Crippen LogP contribution is -2.52. The Morgan fingerprint density at radius 1 is 1.20 bits per heavy atom. The molecule has 0 radical (unpaired) electrons. The van der Waals surface area contributed by atoms with E-state index in [1.54, 1.807) is 0 Å². The van der Waals surface area contributed by atoms with Crippen molar-refractivity contribution in [3.8, 4) is 0 Å². The van der Waals surface area contributed by atoms with E-state index in [9.17, 15) is 4.79 Å². The average molecular weight is 211 g/mol. The van der Waals surface area contributed by atoms with Gasteiger partial charge in [-0.25, -0.2) is 0 Å². The second kappa shape index (κ2) is 5.00. The zero-order chi connectivity index (χ0) is 11.5. The Bertz CT molecular complexity index is 211. The van der Waals surface area contributed by atoms with Crippen molar-refractivity contribution in [3.63, 3.8) is 0 Å². The van der Waals surface area contributed by atoms with Gasteiger partial charge in [-0.05, 0) is 33.6 Å². The number of carbonyl (C=O) groups excluding carboxylic acids is 1. The summed E-state index contributed by atoms with van der Waals surface area (Å²) in [5.74, 6) is 0.314. The van der Waals surface area contributed by atoms with Gasteiger partial charge in [0.25, 0.3) is 0 Å². The Balaban J connectivity index is 2.75. The molecule has 0 bridgehead atoms. The number of hydrogen-bond acceptors (Lipinski definition) is 1. The molecule has 1 saturated carbocycles. The van der Waals surface area contributed by atoms with Gasteiger partial charge in [0.1, 0.15) is 0 Å². The first-order valence-corrected chi connectivity index (χ1v) is 6.29. The summed E-state index contributed by atoms with van der Waals surface area (Å²) in [6.45, 7) is 8.41.